The minimum Gasteiger partial charge on any atom is -0.508 e. The molecule has 0 bridgehead atoms. The highest BCUT2D eigenvalue weighted by Crippen LogP contribution is 2.10. The van der Waals surface area contributed by atoms with Gasteiger partial charge in [0.2, 0.25) is 0 Å². The van der Waals surface area contributed by atoms with Crippen LogP contribution in [0.5, 0.6) is 5.75 Å². The zero-order chi connectivity index (χ0) is 9.52. The first kappa shape index (κ1) is 10.4. The zero-order valence-electron chi connectivity index (χ0n) is 7.79. The molecule has 0 amide bonds. The van der Waals surface area contributed by atoms with Gasteiger partial charge in [-0.2, -0.15) is 11.8 Å². The average molecular weight is 197 g/mol. The highest BCUT2D eigenvalue weighted by atomic mass is 32.2. The van der Waals surface area contributed by atoms with Gasteiger partial charge in [0.25, 0.3) is 0 Å². The van der Waals surface area contributed by atoms with E-state index >= 15 is 0 Å². The lowest BCUT2D eigenvalue weighted by molar-refractivity contribution is 0.474. The lowest BCUT2D eigenvalue weighted by Crippen LogP contribution is -2.16. The Labute approximate surface area is 83.4 Å². The van der Waals surface area contributed by atoms with Crippen LogP contribution in [0.1, 0.15) is 5.56 Å². The van der Waals surface area contributed by atoms with Gasteiger partial charge in [-0.05, 0) is 24.0 Å². The molecule has 0 unspecified atom stereocenters. The summed E-state index contributed by atoms with van der Waals surface area (Å²) in [5.41, 5.74) is 1.13. The van der Waals surface area contributed by atoms with Crippen LogP contribution in [0.15, 0.2) is 24.3 Å². The summed E-state index contributed by atoms with van der Waals surface area (Å²) in [5, 5.41) is 12.5. The van der Waals surface area contributed by atoms with E-state index in [0.29, 0.717) is 5.75 Å². The van der Waals surface area contributed by atoms with Crippen molar-refractivity contribution >= 4 is 11.8 Å². The summed E-state index contributed by atoms with van der Waals surface area (Å²) in [6.45, 7) is 1.84. The predicted octanol–water partition coefficient (Wildman–Crippen LogP) is 1.84. The molecule has 0 aromatic heterocycles. The summed E-state index contributed by atoms with van der Waals surface area (Å²) in [6.07, 6.45) is 2.09. The molecule has 72 valence electrons. The fourth-order valence-corrected chi connectivity index (χ4v) is 1.42. The SMILES string of the molecule is CSCCNCc1cccc(O)c1. The number of phenols is 1. The Balaban J connectivity index is 2.28. The van der Waals surface area contributed by atoms with E-state index in [1.165, 1.54) is 0 Å². The van der Waals surface area contributed by atoms with E-state index in [0.717, 1.165) is 24.4 Å². The van der Waals surface area contributed by atoms with Gasteiger partial charge in [0.15, 0.2) is 0 Å². The van der Waals surface area contributed by atoms with Crippen LogP contribution in [-0.4, -0.2) is 23.7 Å². The van der Waals surface area contributed by atoms with Crippen LogP contribution in [-0.2, 0) is 6.54 Å². The molecule has 1 aromatic rings. The van der Waals surface area contributed by atoms with E-state index in [-0.39, 0.29) is 0 Å². The molecular formula is C10H15NOS. The van der Waals surface area contributed by atoms with E-state index in [9.17, 15) is 5.11 Å². The third kappa shape index (κ3) is 4.20. The first-order chi connectivity index (χ1) is 6.33. The van der Waals surface area contributed by atoms with Gasteiger partial charge in [0, 0.05) is 18.8 Å². The van der Waals surface area contributed by atoms with Crippen LogP contribution in [0.3, 0.4) is 0 Å². The van der Waals surface area contributed by atoms with Crippen molar-refractivity contribution in [2.45, 2.75) is 6.54 Å². The Morgan fingerprint density at radius 3 is 3.00 bits per heavy atom. The Hall–Kier alpha value is -0.670. The molecule has 0 aliphatic rings. The van der Waals surface area contributed by atoms with Crippen molar-refractivity contribution in [2.75, 3.05) is 18.6 Å². The largest absolute Gasteiger partial charge is 0.508 e. The third-order valence-electron chi connectivity index (χ3n) is 1.72. The molecule has 0 aliphatic carbocycles. The third-order valence-corrected chi connectivity index (χ3v) is 2.34. The second-order valence-corrected chi connectivity index (χ2v) is 3.83. The minimum absolute atomic E-state index is 0.337. The van der Waals surface area contributed by atoms with Gasteiger partial charge < -0.3 is 10.4 Å². The number of nitrogens with one attached hydrogen (secondary N) is 1. The van der Waals surface area contributed by atoms with Gasteiger partial charge in [0.05, 0.1) is 0 Å². The fourth-order valence-electron chi connectivity index (χ4n) is 1.07. The lowest BCUT2D eigenvalue weighted by Gasteiger charge is -2.03. The molecule has 0 saturated carbocycles. The maximum absolute atomic E-state index is 9.18. The van der Waals surface area contributed by atoms with Crippen molar-refractivity contribution in [2.24, 2.45) is 0 Å². The number of hydrogen-bond donors (Lipinski definition) is 2. The van der Waals surface area contributed by atoms with E-state index in [4.69, 9.17) is 0 Å². The topological polar surface area (TPSA) is 32.3 Å². The molecule has 0 spiro atoms. The normalized spacial score (nSPS) is 10.2. The first-order valence-corrected chi connectivity index (χ1v) is 5.70. The molecule has 3 heteroatoms. The summed E-state index contributed by atoms with van der Waals surface area (Å²) in [5.74, 6) is 1.46. The number of phenolic OH excluding ortho intramolecular Hbond substituents is 1. The van der Waals surface area contributed by atoms with Crippen LogP contribution in [0.25, 0.3) is 0 Å². The number of benzene rings is 1. The standard InChI is InChI=1S/C10H15NOS/c1-13-6-5-11-8-9-3-2-4-10(12)7-9/h2-4,7,11-12H,5-6,8H2,1H3. The van der Waals surface area contributed by atoms with E-state index in [1.807, 2.05) is 23.9 Å². The van der Waals surface area contributed by atoms with E-state index < -0.39 is 0 Å². The Morgan fingerprint density at radius 2 is 2.31 bits per heavy atom. The smallest absolute Gasteiger partial charge is 0.115 e. The van der Waals surface area contributed by atoms with Gasteiger partial charge in [-0.3, -0.25) is 0 Å². The molecule has 0 aliphatic heterocycles. The molecular weight excluding hydrogens is 182 g/mol. The van der Waals surface area contributed by atoms with Gasteiger partial charge in [-0.15, -0.1) is 0 Å². The Bertz CT molecular complexity index is 252. The summed E-state index contributed by atoms with van der Waals surface area (Å²) in [7, 11) is 0. The van der Waals surface area contributed by atoms with Crippen molar-refractivity contribution < 1.29 is 5.11 Å². The molecule has 2 N–H and O–H groups in total. The van der Waals surface area contributed by atoms with E-state index in [1.54, 1.807) is 12.1 Å². The van der Waals surface area contributed by atoms with Gasteiger partial charge >= 0.3 is 0 Å². The Morgan fingerprint density at radius 1 is 1.46 bits per heavy atom. The van der Waals surface area contributed by atoms with Crippen molar-refractivity contribution in [3.8, 4) is 5.75 Å². The average Bonchev–Trinajstić information content (AvgIpc) is 2.13. The van der Waals surface area contributed by atoms with Crippen molar-refractivity contribution in [3.05, 3.63) is 29.8 Å². The molecule has 0 heterocycles. The fraction of sp³-hybridized carbons (Fsp3) is 0.400. The van der Waals surface area contributed by atoms with Crippen LogP contribution < -0.4 is 5.32 Å². The van der Waals surface area contributed by atoms with Crippen molar-refractivity contribution in [3.63, 3.8) is 0 Å². The predicted molar refractivity (Wildman–Crippen MR) is 58.2 cm³/mol. The van der Waals surface area contributed by atoms with Gasteiger partial charge in [0.1, 0.15) is 5.75 Å². The van der Waals surface area contributed by atoms with E-state index in [2.05, 4.69) is 11.6 Å². The first-order valence-electron chi connectivity index (χ1n) is 4.30. The zero-order valence-corrected chi connectivity index (χ0v) is 8.60. The highest BCUT2D eigenvalue weighted by Gasteiger charge is 1.93. The second-order valence-electron chi connectivity index (χ2n) is 2.84. The van der Waals surface area contributed by atoms with Crippen LogP contribution in [0, 0.1) is 0 Å². The second kappa shape index (κ2) is 5.89. The summed E-state index contributed by atoms with van der Waals surface area (Å²) in [4.78, 5) is 0. The Kier molecular flexibility index (Phi) is 4.72. The maximum atomic E-state index is 9.18. The molecule has 0 radical (unpaired) electrons. The number of thioether (sulfide) groups is 1. The monoisotopic (exact) mass is 197 g/mol. The van der Waals surface area contributed by atoms with Gasteiger partial charge in [-0.25, -0.2) is 0 Å². The molecule has 0 atom stereocenters. The molecule has 2 nitrogen and oxygen atoms in total. The van der Waals surface area contributed by atoms with Gasteiger partial charge in [-0.1, -0.05) is 12.1 Å². The summed E-state index contributed by atoms with van der Waals surface area (Å²) >= 11 is 1.83. The molecule has 13 heavy (non-hydrogen) atoms. The quantitative estimate of drug-likeness (QED) is 0.706. The van der Waals surface area contributed by atoms with Crippen LogP contribution in [0.2, 0.25) is 0 Å². The highest BCUT2D eigenvalue weighted by molar-refractivity contribution is 7.98. The number of hydrogen-bond acceptors (Lipinski definition) is 3. The summed E-state index contributed by atoms with van der Waals surface area (Å²) in [6, 6.07) is 7.34. The van der Waals surface area contributed by atoms with Crippen molar-refractivity contribution in [1.82, 2.24) is 5.32 Å². The molecule has 1 aromatic carbocycles. The van der Waals surface area contributed by atoms with Crippen LogP contribution in [0.4, 0.5) is 0 Å². The maximum Gasteiger partial charge on any atom is 0.115 e. The molecule has 0 fully saturated rings. The van der Waals surface area contributed by atoms with Crippen LogP contribution >= 0.6 is 11.8 Å². The summed E-state index contributed by atoms with van der Waals surface area (Å²) < 4.78 is 0. The van der Waals surface area contributed by atoms with Crippen molar-refractivity contribution in [1.29, 1.82) is 0 Å². The lowest BCUT2D eigenvalue weighted by atomic mass is 10.2. The molecule has 0 saturated heterocycles. The number of rotatable bonds is 5. The number of aromatic hydroxyl groups is 1. The minimum atomic E-state index is 0.337. The molecule has 1 rings (SSSR count).